The van der Waals surface area contributed by atoms with E-state index >= 15 is 0 Å². The number of nitrogens with zero attached hydrogens (tertiary/aromatic N) is 2. The molecule has 0 atom stereocenters. The van der Waals surface area contributed by atoms with E-state index < -0.39 is 10.0 Å². The molecule has 0 bridgehead atoms. The molecule has 0 fully saturated rings. The van der Waals surface area contributed by atoms with Crippen LogP contribution in [0.2, 0.25) is 9.36 Å². The summed E-state index contributed by atoms with van der Waals surface area (Å²) in [5, 5.41) is 1.25. The molecule has 0 amide bonds. The Morgan fingerprint density at radius 1 is 1.24 bits per heavy atom. The predicted octanol–water partition coefficient (Wildman–Crippen LogP) is 4.05. The number of sulfonamides is 1. The number of para-hydroxylation sites is 1. The lowest BCUT2D eigenvalue weighted by Gasteiger charge is -2.09. The van der Waals surface area contributed by atoms with Crippen LogP contribution in [-0.4, -0.2) is 38.6 Å². The first-order chi connectivity index (χ1) is 11.8. The van der Waals surface area contributed by atoms with Gasteiger partial charge in [-0.05, 0) is 38.2 Å². The summed E-state index contributed by atoms with van der Waals surface area (Å²) >= 11 is 12.7. The molecule has 3 rings (SSSR count). The summed E-state index contributed by atoms with van der Waals surface area (Å²) in [5.74, 6) is 0. The Morgan fingerprint density at radius 2 is 1.96 bits per heavy atom. The topological polar surface area (TPSA) is 54.3 Å². The van der Waals surface area contributed by atoms with Gasteiger partial charge in [0, 0.05) is 18.1 Å². The summed E-state index contributed by atoms with van der Waals surface area (Å²) in [6.07, 6.45) is 2.64. The molecule has 2 heterocycles. The summed E-state index contributed by atoms with van der Waals surface area (Å²) in [6.45, 7) is 0.872. The molecule has 1 N–H and O–H groups in total. The van der Waals surface area contributed by atoms with E-state index in [1.54, 1.807) is 0 Å². The van der Waals surface area contributed by atoms with Crippen LogP contribution in [0.3, 0.4) is 0 Å². The molecular weight excluding hydrogens is 401 g/mol. The number of halogens is 2. The zero-order valence-electron chi connectivity index (χ0n) is 13.7. The fourth-order valence-electron chi connectivity index (χ4n) is 2.50. The smallest absolute Gasteiger partial charge is 0.284 e. The highest BCUT2D eigenvalue weighted by atomic mass is 35.5. The standard InChI is InChI=1S/C16H17Cl2N3O2S2/c1-20(2)8-7-11-10-21(14-6-4-3-5-12(11)14)19-25(22,23)15-9-13(17)16(18)24-15/h3-6,9-10,19H,7-8H2,1-2H3. The Morgan fingerprint density at radius 3 is 2.60 bits per heavy atom. The Balaban J connectivity index is 1.98. The normalized spacial score (nSPS) is 12.2. The van der Waals surface area contributed by atoms with Crippen molar-refractivity contribution in [3.05, 3.63) is 51.5 Å². The maximum atomic E-state index is 12.6. The third-order valence-corrected chi connectivity index (χ3v) is 7.38. The molecule has 0 aliphatic heterocycles. The molecule has 134 valence electrons. The minimum atomic E-state index is -3.77. The third kappa shape index (κ3) is 3.96. The van der Waals surface area contributed by atoms with E-state index in [-0.39, 0.29) is 13.6 Å². The minimum Gasteiger partial charge on any atom is -0.309 e. The van der Waals surface area contributed by atoms with E-state index in [2.05, 4.69) is 9.73 Å². The average Bonchev–Trinajstić information content (AvgIpc) is 3.07. The maximum absolute atomic E-state index is 12.6. The minimum absolute atomic E-state index is 0.0788. The van der Waals surface area contributed by atoms with Crippen molar-refractivity contribution in [2.75, 3.05) is 25.5 Å². The van der Waals surface area contributed by atoms with Crippen LogP contribution in [0.5, 0.6) is 0 Å². The van der Waals surface area contributed by atoms with Crippen LogP contribution in [-0.2, 0) is 16.4 Å². The largest absolute Gasteiger partial charge is 0.309 e. The third-order valence-electron chi connectivity index (χ3n) is 3.73. The number of hydrogen-bond donors (Lipinski definition) is 1. The van der Waals surface area contributed by atoms with Gasteiger partial charge in [0.2, 0.25) is 0 Å². The first kappa shape index (κ1) is 18.5. The molecule has 0 spiro atoms. The fraction of sp³-hybridized carbons (Fsp3) is 0.250. The molecule has 0 saturated carbocycles. The maximum Gasteiger partial charge on any atom is 0.284 e. The van der Waals surface area contributed by atoms with Crippen LogP contribution >= 0.6 is 34.5 Å². The van der Waals surface area contributed by atoms with Gasteiger partial charge in [0.25, 0.3) is 10.0 Å². The van der Waals surface area contributed by atoms with E-state index in [9.17, 15) is 8.42 Å². The van der Waals surface area contributed by atoms with Crippen molar-refractivity contribution in [3.8, 4) is 0 Å². The Bertz CT molecular complexity index is 990. The second-order valence-corrected chi connectivity index (χ2v) is 9.83. The van der Waals surface area contributed by atoms with Crippen LogP contribution in [0.1, 0.15) is 5.56 Å². The SMILES string of the molecule is CN(C)CCc1cn(NS(=O)(=O)c2cc(Cl)c(Cl)s2)c2ccccc12. The molecular formula is C16H17Cl2N3O2S2. The number of rotatable bonds is 6. The number of benzene rings is 1. The molecule has 3 aromatic rings. The summed E-state index contributed by atoms with van der Waals surface area (Å²) in [5.41, 5.74) is 1.88. The van der Waals surface area contributed by atoms with E-state index in [4.69, 9.17) is 23.2 Å². The van der Waals surface area contributed by atoms with Crippen molar-refractivity contribution in [2.45, 2.75) is 10.6 Å². The molecule has 0 saturated heterocycles. The zero-order chi connectivity index (χ0) is 18.2. The van der Waals surface area contributed by atoms with Gasteiger partial charge >= 0.3 is 0 Å². The van der Waals surface area contributed by atoms with E-state index in [0.29, 0.717) is 0 Å². The lowest BCUT2D eigenvalue weighted by molar-refractivity contribution is 0.414. The lowest BCUT2D eigenvalue weighted by Crippen LogP contribution is -2.21. The Hall–Kier alpha value is -1.25. The average molecular weight is 418 g/mol. The first-order valence-corrected chi connectivity index (χ1v) is 10.5. The van der Waals surface area contributed by atoms with Gasteiger partial charge in [0.05, 0.1) is 10.5 Å². The van der Waals surface area contributed by atoms with Crippen LogP contribution in [0.15, 0.2) is 40.7 Å². The van der Waals surface area contributed by atoms with Crippen molar-refractivity contribution >= 4 is 55.5 Å². The van der Waals surface area contributed by atoms with Crippen molar-refractivity contribution in [1.82, 2.24) is 9.58 Å². The Kier molecular flexibility index (Phi) is 5.31. The van der Waals surface area contributed by atoms with Gasteiger partial charge in [-0.15, -0.1) is 11.3 Å². The molecule has 0 unspecified atom stereocenters. The van der Waals surface area contributed by atoms with Gasteiger partial charge in [0.15, 0.2) is 0 Å². The molecule has 2 aromatic heterocycles. The molecule has 1 aromatic carbocycles. The number of aromatic nitrogens is 1. The quantitative estimate of drug-likeness (QED) is 0.657. The number of thiophene rings is 1. The second-order valence-electron chi connectivity index (χ2n) is 5.88. The highest BCUT2D eigenvalue weighted by molar-refractivity contribution is 7.94. The number of nitrogens with one attached hydrogen (secondary N) is 1. The summed E-state index contributed by atoms with van der Waals surface area (Å²) in [7, 11) is 0.240. The summed E-state index contributed by atoms with van der Waals surface area (Å²) in [4.78, 5) is 4.68. The van der Waals surface area contributed by atoms with E-state index in [1.165, 1.54) is 10.7 Å². The van der Waals surface area contributed by atoms with Crippen LogP contribution in [0.4, 0.5) is 0 Å². The van der Waals surface area contributed by atoms with Gasteiger partial charge in [0.1, 0.15) is 8.55 Å². The van der Waals surface area contributed by atoms with E-state index in [1.807, 2.05) is 44.6 Å². The van der Waals surface area contributed by atoms with E-state index in [0.717, 1.165) is 40.8 Å². The highest BCUT2D eigenvalue weighted by Crippen LogP contribution is 2.34. The van der Waals surface area contributed by atoms with Crippen molar-refractivity contribution < 1.29 is 8.42 Å². The monoisotopic (exact) mass is 417 g/mol. The molecule has 0 radical (unpaired) electrons. The van der Waals surface area contributed by atoms with Crippen LogP contribution < -0.4 is 4.83 Å². The number of likely N-dealkylation sites (N-methyl/N-ethyl adjacent to an activating group) is 1. The summed E-state index contributed by atoms with van der Waals surface area (Å²) in [6, 6.07) is 9.05. The van der Waals surface area contributed by atoms with Gasteiger partial charge in [-0.2, -0.15) is 8.42 Å². The van der Waals surface area contributed by atoms with Gasteiger partial charge in [-0.1, -0.05) is 41.4 Å². The lowest BCUT2D eigenvalue weighted by atomic mass is 10.1. The zero-order valence-corrected chi connectivity index (χ0v) is 16.8. The Labute approximate surface area is 160 Å². The van der Waals surface area contributed by atoms with Crippen LogP contribution in [0, 0.1) is 0 Å². The molecule has 5 nitrogen and oxygen atoms in total. The summed E-state index contributed by atoms with van der Waals surface area (Å²) < 4.78 is 27.2. The van der Waals surface area contributed by atoms with Crippen molar-refractivity contribution in [2.24, 2.45) is 0 Å². The highest BCUT2D eigenvalue weighted by Gasteiger charge is 2.21. The van der Waals surface area contributed by atoms with Gasteiger partial charge in [-0.25, -0.2) is 4.83 Å². The molecule has 25 heavy (non-hydrogen) atoms. The molecule has 0 aliphatic carbocycles. The van der Waals surface area contributed by atoms with Gasteiger partial charge in [-0.3, -0.25) is 4.68 Å². The second kappa shape index (κ2) is 7.17. The molecule has 9 heteroatoms. The number of fused-ring (bicyclic) bond motifs is 1. The number of hydrogen-bond acceptors (Lipinski definition) is 4. The van der Waals surface area contributed by atoms with Crippen molar-refractivity contribution in [3.63, 3.8) is 0 Å². The first-order valence-electron chi connectivity index (χ1n) is 7.49. The predicted molar refractivity (Wildman–Crippen MR) is 105 cm³/mol. The van der Waals surface area contributed by atoms with Crippen LogP contribution in [0.25, 0.3) is 10.9 Å². The van der Waals surface area contributed by atoms with Gasteiger partial charge < -0.3 is 4.90 Å². The molecule has 0 aliphatic rings. The fourth-order valence-corrected chi connectivity index (χ4v) is 5.38. The van der Waals surface area contributed by atoms with Crippen molar-refractivity contribution in [1.29, 1.82) is 0 Å².